The van der Waals surface area contributed by atoms with Crippen molar-refractivity contribution in [2.75, 3.05) is 0 Å². The highest BCUT2D eigenvalue weighted by atomic mass is 14.0. The Morgan fingerprint density at radius 2 is 0.306 bits per heavy atom. The van der Waals surface area contributed by atoms with E-state index in [4.69, 9.17) is 0 Å². The van der Waals surface area contributed by atoms with Crippen LogP contribution in [0.4, 0.5) is 0 Å². The SMILES string of the molecule is C1=Cc2ccc(cc2)C=C=Cc2ccc(cc2)C=C=Cc2ccc(cc2)C=C=Cc2ccc(cc2)C=1. The average Bonchev–Trinajstić information content (AvgIpc) is 2.92. The lowest BCUT2D eigenvalue weighted by molar-refractivity contribution is 1.61. The smallest absolute Gasteiger partial charge is 0.0127 e. The van der Waals surface area contributed by atoms with Gasteiger partial charge in [-0.3, -0.25) is 0 Å². The number of benzene rings is 4. The Kier molecular flexibility index (Phi) is 7.20. The van der Waals surface area contributed by atoms with E-state index in [1.165, 1.54) is 0 Å². The molecule has 0 heterocycles. The molecule has 0 spiro atoms. The lowest BCUT2D eigenvalue weighted by atomic mass is 10.1. The summed E-state index contributed by atoms with van der Waals surface area (Å²) in [6.07, 6.45) is 15.9. The Balaban J connectivity index is 1.47. The van der Waals surface area contributed by atoms with Gasteiger partial charge in [-0.05, 0) is 93.1 Å². The first kappa shape index (κ1) is 22.7. The molecule has 4 aromatic rings. The molecule has 8 bridgehead atoms. The molecule has 168 valence electrons. The summed E-state index contributed by atoms with van der Waals surface area (Å²) in [5, 5.41) is 0. The number of hydrogen-bond donors (Lipinski definition) is 0. The van der Waals surface area contributed by atoms with Crippen LogP contribution in [0.15, 0.2) is 120 Å². The van der Waals surface area contributed by atoms with Gasteiger partial charge in [0.05, 0.1) is 0 Å². The molecule has 0 heteroatoms. The van der Waals surface area contributed by atoms with E-state index in [1.54, 1.807) is 0 Å². The van der Waals surface area contributed by atoms with Gasteiger partial charge in [0.15, 0.2) is 0 Å². The first-order valence-corrected chi connectivity index (χ1v) is 11.9. The minimum atomic E-state index is 1.11. The van der Waals surface area contributed by atoms with E-state index in [9.17, 15) is 0 Å². The molecule has 0 unspecified atom stereocenters. The molecule has 4 aromatic carbocycles. The van der Waals surface area contributed by atoms with E-state index in [0.717, 1.165) is 44.5 Å². The van der Waals surface area contributed by atoms with Gasteiger partial charge in [0.2, 0.25) is 0 Å². The van der Waals surface area contributed by atoms with Crippen LogP contribution in [0.25, 0.3) is 48.6 Å². The summed E-state index contributed by atoms with van der Waals surface area (Å²) in [6.45, 7) is 0. The average molecular weight is 457 g/mol. The first-order chi connectivity index (χ1) is 17.8. The molecular weight excluding hydrogens is 432 g/mol. The molecular formula is C36H24. The lowest BCUT2D eigenvalue weighted by Gasteiger charge is -1.96. The summed E-state index contributed by atoms with van der Waals surface area (Å²) in [4.78, 5) is 0. The van der Waals surface area contributed by atoms with Gasteiger partial charge in [-0.25, -0.2) is 0 Å². The standard InChI is InChI=1S/C36H24/c1-5-29-13-17-31(18-14-29)7-2-9-33-21-25-35(26-22-33)11-4-12-36-27-23-34(24-28-36)10-3-8-32-19-15-30(6-1)16-20-32/h5-28H. The maximum atomic E-state index is 3.28. The zero-order valence-electron chi connectivity index (χ0n) is 19.9. The Hall–Kier alpha value is -5.04. The highest BCUT2D eigenvalue weighted by Crippen LogP contribution is 2.12. The van der Waals surface area contributed by atoms with Gasteiger partial charge >= 0.3 is 0 Å². The summed E-state index contributed by atoms with van der Waals surface area (Å²) in [7, 11) is 0. The van der Waals surface area contributed by atoms with Crippen LogP contribution in [0.5, 0.6) is 0 Å². The third-order valence-electron chi connectivity index (χ3n) is 5.75. The second-order valence-electron chi connectivity index (χ2n) is 8.49. The van der Waals surface area contributed by atoms with Gasteiger partial charge in [0.25, 0.3) is 0 Å². The maximum Gasteiger partial charge on any atom is -0.0127 e. The monoisotopic (exact) mass is 456 g/mol. The van der Waals surface area contributed by atoms with E-state index in [1.807, 2.05) is 48.6 Å². The van der Waals surface area contributed by atoms with Crippen LogP contribution in [0.1, 0.15) is 44.5 Å². The minimum absolute atomic E-state index is 1.11. The van der Waals surface area contributed by atoms with Crippen molar-refractivity contribution in [2.24, 2.45) is 0 Å². The Morgan fingerprint density at radius 3 is 0.417 bits per heavy atom. The molecule has 7 aliphatic rings. The molecule has 0 saturated heterocycles. The van der Waals surface area contributed by atoms with Crippen molar-refractivity contribution < 1.29 is 0 Å². The van der Waals surface area contributed by atoms with Crippen LogP contribution >= 0.6 is 0 Å². The number of rotatable bonds is 0. The summed E-state index contributed by atoms with van der Waals surface area (Å²) < 4.78 is 0. The molecule has 0 atom stereocenters. The van der Waals surface area contributed by atoms with Crippen LogP contribution in [0.3, 0.4) is 0 Å². The summed E-state index contributed by atoms with van der Waals surface area (Å²) in [5.74, 6) is 0. The fourth-order valence-electron chi connectivity index (χ4n) is 3.69. The topological polar surface area (TPSA) is 0 Å². The van der Waals surface area contributed by atoms with Crippen molar-refractivity contribution in [3.63, 3.8) is 0 Å². The quantitative estimate of drug-likeness (QED) is 0.204. The molecule has 0 amide bonds. The molecule has 0 radical (unpaired) electrons. The van der Waals surface area contributed by atoms with Crippen molar-refractivity contribution in [2.45, 2.75) is 0 Å². The van der Waals surface area contributed by atoms with Crippen LogP contribution in [0.2, 0.25) is 0 Å². The summed E-state index contributed by atoms with van der Waals surface area (Å²) >= 11 is 0. The van der Waals surface area contributed by atoms with E-state index < -0.39 is 0 Å². The van der Waals surface area contributed by atoms with Crippen molar-refractivity contribution in [1.82, 2.24) is 0 Å². The van der Waals surface area contributed by atoms with E-state index in [0.29, 0.717) is 0 Å². The fourth-order valence-corrected chi connectivity index (χ4v) is 3.69. The van der Waals surface area contributed by atoms with Gasteiger partial charge in [-0.2, -0.15) is 0 Å². The Labute approximate surface area is 212 Å². The van der Waals surface area contributed by atoms with Crippen molar-refractivity contribution in [3.8, 4) is 0 Å². The van der Waals surface area contributed by atoms with Gasteiger partial charge in [-0.15, -0.1) is 22.9 Å². The predicted molar refractivity (Wildman–Crippen MR) is 156 cm³/mol. The third kappa shape index (κ3) is 6.51. The van der Waals surface area contributed by atoms with Crippen LogP contribution in [-0.4, -0.2) is 0 Å². The van der Waals surface area contributed by atoms with Gasteiger partial charge in [0.1, 0.15) is 0 Å². The molecule has 0 saturated carbocycles. The van der Waals surface area contributed by atoms with Crippen LogP contribution in [0, 0.1) is 0 Å². The first-order valence-electron chi connectivity index (χ1n) is 11.9. The minimum Gasteiger partial charge on any atom is -0.120 e. The van der Waals surface area contributed by atoms with Crippen LogP contribution in [-0.2, 0) is 0 Å². The maximum absolute atomic E-state index is 3.28. The van der Waals surface area contributed by atoms with Crippen molar-refractivity contribution in [1.29, 1.82) is 0 Å². The van der Waals surface area contributed by atoms with Crippen molar-refractivity contribution in [3.05, 3.63) is 164 Å². The van der Waals surface area contributed by atoms with Crippen molar-refractivity contribution >= 4 is 48.6 Å². The normalized spacial score (nSPS) is 12.0. The van der Waals surface area contributed by atoms with E-state index >= 15 is 0 Å². The van der Waals surface area contributed by atoms with E-state index in [2.05, 4.69) is 120 Å². The third-order valence-corrected chi connectivity index (χ3v) is 5.75. The second kappa shape index (κ2) is 11.4. The molecule has 7 aliphatic carbocycles. The molecule has 0 fully saturated rings. The van der Waals surface area contributed by atoms with Gasteiger partial charge < -0.3 is 0 Å². The van der Waals surface area contributed by atoms with Gasteiger partial charge in [-0.1, -0.05) is 97.1 Å². The van der Waals surface area contributed by atoms with Gasteiger partial charge in [0, 0.05) is 0 Å². The summed E-state index contributed by atoms with van der Waals surface area (Å²) in [5.41, 5.74) is 22.0. The predicted octanol–water partition coefficient (Wildman–Crippen LogP) is 9.30. The largest absolute Gasteiger partial charge is 0.120 e. The molecule has 36 heavy (non-hydrogen) atoms. The lowest BCUT2D eigenvalue weighted by Crippen LogP contribution is -1.75. The van der Waals surface area contributed by atoms with E-state index in [-0.39, 0.29) is 0 Å². The number of hydrogen-bond acceptors (Lipinski definition) is 0. The highest BCUT2D eigenvalue weighted by Gasteiger charge is 1.92. The molecule has 0 nitrogen and oxygen atoms in total. The molecule has 0 aromatic heterocycles. The van der Waals surface area contributed by atoms with Crippen LogP contribution < -0.4 is 0 Å². The Morgan fingerprint density at radius 1 is 0.194 bits per heavy atom. The zero-order chi connectivity index (χ0) is 24.4. The summed E-state index contributed by atoms with van der Waals surface area (Å²) in [6, 6.07) is 33.4. The molecule has 11 rings (SSSR count). The fraction of sp³-hybridized carbons (Fsp3) is 0. The zero-order valence-corrected chi connectivity index (χ0v) is 19.9. The second-order valence-corrected chi connectivity index (χ2v) is 8.49. The molecule has 0 N–H and O–H groups in total. The molecule has 0 aliphatic heterocycles. The highest BCUT2D eigenvalue weighted by molar-refractivity contribution is 5.65. The Bertz CT molecular complexity index is 1230.